The average Bonchev–Trinajstić information content (AvgIpc) is 2.58. The Hall–Kier alpha value is -2.38. The summed E-state index contributed by atoms with van der Waals surface area (Å²) in [4.78, 5) is 11.8. The molecule has 0 heterocycles. The quantitative estimate of drug-likeness (QED) is 0.627. The number of aliphatic hydroxyl groups excluding tert-OH is 1. The van der Waals surface area contributed by atoms with Crippen LogP contribution >= 0.6 is 0 Å². The predicted octanol–water partition coefficient (Wildman–Crippen LogP) is 3.14. The molecule has 0 aliphatic rings. The van der Waals surface area contributed by atoms with Gasteiger partial charge in [0.15, 0.2) is 0 Å². The summed E-state index contributed by atoms with van der Waals surface area (Å²) < 4.78 is 44.0. The molecule has 2 rings (SSSR count). The van der Waals surface area contributed by atoms with Gasteiger partial charge >= 0.3 is 12.1 Å². The number of aliphatic hydroxyl groups is 1. The summed E-state index contributed by atoms with van der Waals surface area (Å²) in [6.07, 6.45) is -4.54. The standard InChI is InChI=1S/C17H16F3NO3/c18-17(19,20)14-9-5-4-8-13(14)15(10-22)21-11-24-16(23)12-6-2-1-3-7-12/h1-9,15,21-22H,10-11H2. The summed E-state index contributed by atoms with van der Waals surface area (Å²) in [7, 11) is 0. The zero-order valence-corrected chi connectivity index (χ0v) is 12.6. The van der Waals surface area contributed by atoms with Crippen molar-refractivity contribution < 1.29 is 27.8 Å². The van der Waals surface area contributed by atoms with Gasteiger partial charge < -0.3 is 9.84 Å². The zero-order valence-electron chi connectivity index (χ0n) is 12.6. The Labute approximate surface area is 136 Å². The van der Waals surface area contributed by atoms with Gasteiger partial charge in [0.25, 0.3) is 0 Å². The third kappa shape index (κ3) is 4.56. The highest BCUT2D eigenvalue weighted by Gasteiger charge is 2.34. The Morgan fingerprint density at radius 3 is 2.33 bits per heavy atom. The van der Waals surface area contributed by atoms with Crippen LogP contribution in [-0.4, -0.2) is 24.4 Å². The highest BCUT2D eigenvalue weighted by molar-refractivity contribution is 5.89. The second kappa shape index (κ2) is 7.94. The van der Waals surface area contributed by atoms with Crippen molar-refractivity contribution in [2.75, 3.05) is 13.3 Å². The fourth-order valence-electron chi connectivity index (χ4n) is 2.20. The van der Waals surface area contributed by atoms with Gasteiger partial charge in [-0.15, -0.1) is 0 Å². The largest absolute Gasteiger partial charge is 0.446 e. The summed E-state index contributed by atoms with van der Waals surface area (Å²) in [5, 5.41) is 12.0. The number of carbonyl (C=O) groups excluding carboxylic acids is 1. The van der Waals surface area contributed by atoms with Gasteiger partial charge in [0, 0.05) is 0 Å². The van der Waals surface area contributed by atoms with Gasteiger partial charge in [-0.1, -0.05) is 36.4 Å². The first-order chi connectivity index (χ1) is 11.4. The van der Waals surface area contributed by atoms with E-state index < -0.39 is 30.4 Å². The second-order valence-electron chi connectivity index (χ2n) is 4.97. The van der Waals surface area contributed by atoms with Gasteiger partial charge in [0.1, 0.15) is 6.73 Å². The maximum Gasteiger partial charge on any atom is 0.416 e. The molecule has 0 bridgehead atoms. The lowest BCUT2D eigenvalue weighted by Gasteiger charge is -2.21. The van der Waals surface area contributed by atoms with E-state index in [0.29, 0.717) is 5.56 Å². The summed E-state index contributed by atoms with van der Waals surface area (Å²) in [5.74, 6) is -0.608. The molecule has 0 saturated carbocycles. The van der Waals surface area contributed by atoms with E-state index in [1.807, 2.05) is 0 Å². The molecule has 2 aromatic rings. The Kier molecular flexibility index (Phi) is 5.94. The Balaban J connectivity index is 2.02. The highest BCUT2D eigenvalue weighted by atomic mass is 19.4. The third-order valence-electron chi connectivity index (χ3n) is 3.37. The maximum atomic E-state index is 13.0. The van der Waals surface area contributed by atoms with E-state index >= 15 is 0 Å². The Morgan fingerprint density at radius 1 is 1.08 bits per heavy atom. The molecule has 0 aliphatic carbocycles. The Bertz CT molecular complexity index is 674. The molecule has 0 radical (unpaired) electrons. The molecule has 2 aromatic carbocycles. The molecular weight excluding hydrogens is 323 g/mol. The van der Waals surface area contributed by atoms with E-state index in [9.17, 15) is 23.1 Å². The molecule has 1 atom stereocenters. The minimum atomic E-state index is -4.54. The third-order valence-corrected chi connectivity index (χ3v) is 3.37. The zero-order chi connectivity index (χ0) is 17.6. The summed E-state index contributed by atoms with van der Waals surface area (Å²) in [6.45, 7) is -0.902. The van der Waals surface area contributed by atoms with Crippen LogP contribution in [0.25, 0.3) is 0 Å². The van der Waals surface area contributed by atoms with Crippen LogP contribution in [0.1, 0.15) is 27.5 Å². The van der Waals surface area contributed by atoms with Crippen molar-refractivity contribution >= 4 is 5.97 Å². The number of esters is 1. The van der Waals surface area contributed by atoms with Gasteiger partial charge in [-0.2, -0.15) is 13.2 Å². The minimum Gasteiger partial charge on any atom is -0.446 e. The molecule has 24 heavy (non-hydrogen) atoms. The number of benzene rings is 2. The summed E-state index contributed by atoms with van der Waals surface area (Å²) in [5.41, 5.74) is -0.621. The van der Waals surface area contributed by atoms with Crippen LogP contribution in [0.3, 0.4) is 0 Å². The number of rotatable bonds is 6. The van der Waals surface area contributed by atoms with Crippen molar-refractivity contribution in [1.82, 2.24) is 5.32 Å². The number of nitrogens with one attached hydrogen (secondary N) is 1. The van der Waals surface area contributed by atoms with Gasteiger partial charge in [0.05, 0.1) is 23.8 Å². The SMILES string of the molecule is O=C(OCNC(CO)c1ccccc1C(F)(F)F)c1ccccc1. The number of alkyl halides is 3. The van der Waals surface area contributed by atoms with Crippen molar-refractivity contribution in [3.8, 4) is 0 Å². The molecule has 7 heteroatoms. The van der Waals surface area contributed by atoms with E-state index in [4.69, 9.17) is 4.74 Å². The van der Waals surface area contributed by atoms with Crippen LogP contribution in [0.4, 0.5) is 13.2 Å². The average molecular weight is 339 g/mol. The molecule has 1 unspecified atom stereocenters. The van der Waals surface area contributed by atoms with E-state index in [1.54, 1.807) is 30.3 Å². The molecule has 0 fully saturated rings. The topological polar surface area (TPSA) is 58.6 Å². The van der Waals surface area contributed by atoms with Crippen LogP contribution in [0, 0.1) is 0 Å². The van der Waals surface area contributed by atoms with Crippen molar-refractivity contribution in [3.05, 3.63) is 71.3 Å². The first-order valence-corrected chi connectivity index (χ1v) is 7.16. The molecular formula is C17H16F3NO3. The van der Waals surface area contributed by atoms with E-state index in [0.717, 1.165) is 6.07 Å². The summed E-state index contributed by atoms with van der Waals surface area (Å²) in [6, 6.07) is 12.1. The highest BCUT2D eigenvalue weighted by Crippen LogP contribution is 2.34. The van der Waals surface area contributed by atoms with Gasteiger partial charge in [-0.05, 0) is 23.8 Å². The lowest BCUT2D eigenvalue weighted by Crippen LogP contribution is -2.30. The number of hydrogen-bond acceptors (Lipinski definition) is 4. The van der Waals surface area contributed by atoms with Gasteiger partial charge in [-0.25, -0.2) is 4.79 Å². The fourth-order valence-corrected chi connectivity index (χ4v) is 2.20. The minimum absolute atomic E-state index is 0.108. The van der Waals surface area contributed by atoms with Crippen LogP contribution in [-0.2, 0) is 10.9 Å². The van der Waals surface area contributed by atoms with Crippen molar-refractivity contribution in [1.29, 1.82) is 0 Å². The molecule has 4 nitrogen and oxygen atoms in total. The van der Waals surface area contributed by atoms with Crippen molar-refractivity contribution in [3.63, 3.8) is 0 Å². The lowest BCUT2D eigenvalue weighted by atomic mass is 10.0. The fraction of sp³-hybridized carbons (Fsp3) is 0.235. The monoisotopic (exact) mass is 339 g/mol. The lowest BCUT2D eigenvalue weighted by molar-refractivity contribution is -0.138. The van der Waals surface area contributed by atoms with Gasteiger partial charge in [0.2, 0.25) is 0 Å². The molecule has 2 N–H and O–H groups in total. The first kappa shape index (κ1) is 18.0. The van der Waals surface area contributed by atoms with E-state index in [2.05, 4.69) is 5.32 Å². The first-order valence-electron chi connectivity index (χ1n) is 7.16. The molecule has 128 valence electrons. The van der Waals surface area contributed by atoms with Crippen molar-refractivity contribution in [2.24, 2.45) is 0 Å². The number of carbonyl (C=O) groups is 1. The van der Waals surface area contributed by atoms with Crippen molar-refractivity contribution in [2.45, 2.75) is 12.2 Å². The molecule has 0 amide bonds. The molecule has 0 saturated heterocycles. The number of halogens is 3. The van der Waals surface area contributed by atoms with E-state index in [-0.39, 0.29) is 12.3 Å². The number of ether oxygens (including phenoxy) is 1. The number of hydrogen-bond donors (Lipinski definition) is 2. The molecule has 0 spiro atoms. The van der Waals surface area contributed by atoms with Gasteiger partial charge in [-0.3, -0.25) is 5.32 Å². The molecule has 0 aliphatic heterocycles. The van der Waals surface area contributed by atoms with Crippen LogP contribution < -0.4 is 5.32 Å². The smallest absolute Gasteiger partial charge is 0.416 e. The molecule has 0 aromatic heterocycles. The Morgan fingerprint density at radius 2 is 1.71 bits per heavy atom. The van der Waals surface area contributed by atoms with Crippen LogP contribution in [0.2, 0.25) is 0 Å². The predicted molar refractivity (Wildman–Crippen MR) is 81.1 cm³/mol. The normalized spacial score (nSPS) is 12.7. The maximum absolute atomic E-state index is 13.0. The second-order valence-corrected chi connectivity index (χ2v) is 4.97. The van der Waals surface area contributed by atoms with Crippen LogP contribution in [0.15, 0.2) is 54.6 Å². The van der Waals surface area contributed by atoms with E-state index in [1.165, 1.54) is 18.2 Å². The van der Waals surface area contributed by atoms with Crippen LogP contribution in [0.5, 0.6) is 0 Å². The summed E-state index contributed by atoms with van der Waals surface area (Å²) >= 11 is 0.